The Morgan fingerprint density at radius 3 is 2.68 bits per heavy atom. The molecule has 1 aliphatic heterocycles. The van der Waals surface area contributed by atoms with E-state index in [2.05, 4.69) is 17.1 Å². The molecule has 1 atom stereocenters. The molecule has 0 spiro atoms. The van der Waals surface area contributed by atoms with Crippen LogP contribution in [0.3, 0.4) is 0 Å². The average molecular weight is 466 g/mol. The van der Waals surface area contributed by atoms with Crippen molar-refractivity contribution in [3.63, 3.8) is 0 Å². The molecule has 8 heteroatoms. The van der Waals surface area contributed by atoms with E-state index in [1.807, 2.05) is 37.3 Å². The summed E-state index contributed by atoms with van der Waals surface area (Å²) in [5.74, 6) is 1.21. The van der Waals surface area contributed by atoms with Gasteiger partial charge in [-0.3, -0.25) is 9.89 Å². The number of nitrogens with zero attached hydrogens (tertiary/aromatic N) is 2. The fourth-order valence-corrected chi connectivity index (χ4v) is 4.31. The van der Waals surface area contributed by atoms with Gasteiger partial charge in [-0.1, -0.05) is 31.0 Å². The third-order valence-corrected chi connectivity index (χ3v) is 6.07. The Morgan fingerprint density at radius 2 is 1.94 bits per heavy atom. The zero-order valence-electron chi connectivity index (χ0n) is 20.1. The Balaban J connectivity index is 1.82. The van der Waals surface area contributed by atoms with Crippen LogP contribution < -0.4 is 9.47 Å². The molecule has 0 saturated heterocycles. The van der Waals surface area contributed by atoms with Gasteiger partial charge in [-0.15, -0.1) is 0 Å². The van der Waals surface area contributed by atoms with E-state index in [9.17, 15) is 9.90 Å². The van der Waals surface area contributed by atoms with E-state index in [4.69, 9.17) is 14.2 Å². The van der Waals surface area contributed by atoms with Gasteiger partial charge < -0.3 is 24.2 Å². The SMILES string of the molecule is CCCCOc1ccc([C@@H]2c3c(-c4cc(C)ccc4O)n[nH]c3C(=O)N2CCOC)cc1OC. The molecule has 1 aliphatic rings. The van der Waals surface area contributed by atoms with Gasteiger partial charge in [0.25, 0.3) is 5.91 Å². The number of fused-ring (bicyclic) bond motifs is 1. The highest BCUT2D eigenvalue weighted by molar-refractivity contribution is 6.00. The number of hydrogen-bond acceptors (Lipinski definition) is 6. The summed E-state index contributed by atoms with van der Waals surface area (Å²) >= 11 is 0. The first-order valence-electron chi connectivity index (χ1n) is 11.5. The number of rotatable bonds is 10. The van der Waals surface area contributed by atoms with Crippen LogP contribution in [-0.4, -0.2) is 60.1 Å². The van der Waals surface area contributed by atoms with Gasteiger partial charge in [-0.2, -0.15) is 5.10 Å². The number of H-pyrrole nitrogens is 1. The van der Waals surface area contributed by atoms with Crippen molar-refractivity contribution in [1.82, 2.24) is 15.1 Å². The molecule has 0 bridgehead atoms. The fourth-order valence-electron chi connectivity index (χ4n) is 4.31. The summed E-state index contributed by atoms with van der Waals surface area (Å²) in [5, 5.41) is 17.9. The Bertz CT molecular complexity index is 1170. The van der Waals surface area contributed by atoms with Gasteiger partial charge in [0, 0.05) is 24.8 Å². The zero-order valence-corrected chi connectivity index (χ0v) is 20.1. The fraction of sp³-hybridized carbons (Fsp3) is 0.385. The molecule has 0 saturated carbocycles. The number of phenols is 1. The van der Waals surface area contributed by atoms with Crippen LogP contribution in [0, 0.1) is 6.92 Å². The Labute approximate surface area is 199 Å². The summed E-state index contributed by atoms with van der Waals surface area (Å²) in [6.07, 6.45) is 1.99. The molecule has 8 nitrogen and oxygen atoms in total. The number of amides is 1. The maximum atomic E-state index is 13.4. The van der Waals surface area contributed by atoms with Crippen molar-refractivity contribution in [3.8, 4) is 28.5 Å². The monoisotopic (exact) mass is 465 g/mol. The van der Waals surface area contributed by atoms with Gasteiger partial charge in [0.2, 0.25) is 0 Å². The molecular weight excluding hydrogens is 434 g/mol. The van der Waals surface area contributed by atoms with Crippen molar-refractivity contribution in [2.75, 3.05) is 34.0 Å². The van der Waals surface area contributed by atoms with E-state index in [0.29, 0.717) is 48.2 Å². The summed E-state index contributed by atoms with van der Waals surface area (Å²) in [6.45, 7) is 5.46. The third-order valence-electron chi connectivity index (χ3n) is 6.07. The summed E-state index contributed by atoms with van der Waals surface area (Å²) in [5.41, 5.74) is 4.12. The molecule has 1 amide bonds. The molecule has 4 rings (SSSR count). The lowest BCUT2D eigenvalue weighted by Crippen LogP contribution is -2.32. The maximum absolute atomic E-state index is 13.4. The number of ether oxygens (including phenoxy) is 3. The first-order valence-corrected chi connectivity index (χ1v) is 11.5. The largest absolute Gasteiger partial charge is 0.507 e. The maximum Gasteiger partial charge on any atom is 0.273 e. The van der Waals surface area contributed by atoms with Crippen molar-refractivity contribution in [2.45, 2.75) is 32.7 Å². The van der Waals surface area contributed by atoms with Crippen molar-refractivity contribution < 1.29 is 24.1 Å². The predicted molar refractivity (Wildman–Crippen MR) is 129 cm³/mol. The highest BCUT2D eigenvalue weighted by Gasteiger charge is 2.42. The van der Waals surface area contributed by atoms with E-state index in [1.54, 1.807) is 25.2 Å². The number of benzene rings is 2. The number of carbonyl (C=O) groups is 1. The normalized spacial score (nSPS) is 15.0. The Kier molecular flexibility index (Phi) is 7.07. The summed E-state index contributed by atoms with van der Waals surface area (Å²) in [4.78, 5) is 15.1. The quantitative estimate of drug-likeness (QED) is 0.429. The smallest absolute Gasteiger partial charge is 0.273 e. The number of phenolic OH excluding ortho intramolecular Hbond substituents is 1. The van der Waals surface area contributed by atoms with Crippen molar-refractivity contribution >= 4 is 5.91 Å². The molecule has 180 valence electrons. The van der Waals surface area contributed by atoms with Crippen LogP contribution >= 0.6 is 0 Å². The van der Waals surface area contributed by atoms with Crippen LogP contribution in [0.15, 0.2) is 36.4 Å². The van der Waals surface area contributed by atoms with Gasteiger partial charge in [0.1, 0.15) is 17.1 Å². The van der Waals surface area contributed by atoms with E-state index in [0.717, 1.165) is 29.5 Å². The average Bonchev–Trinajstić information content (AvgIpc) is 3.38. The van der Waals surface area contributed by atoms with Crippen molar-refractivity contribution in [2.24, 2.45) is 0 Å². The zero-order chi connectivity index (χ0) is 24.2. The topological polar surface area (TPSA) is 96.9 Å². The lowest BCUT2D eigenvalue weighted by molar-refractivity contribution is 0.0677. The molecule has 1 aromatic heterocycles. The minimum absolute atomic E-state index is 0.110. The van der Waals surface area contributed by atoms with Crippen LogP contribution in [0.5, 0.6) is 17.2 Å². The van der Waals surface area contributed by atoms with Gasteiger partial charge >= 0.3 is 0 Å². The second kappa shape index (κ2) is 10.2. The molecule has 34 heavy (non-hydrogen) atoms. The summed E-state index contributed by atoms with van der Waals surface area (Å²) in [6, 6.07) is 10.7. The number of unbranched alkanes of at least 4 members (excludes halogenated alkanes) is 1. The third kappa shape index (κ3) is 4.33. The minimum atomic E-state index is -0.426. The second-order valence-corrected chi connectivity index (χ2v) is 8.39. The highest BCUT2D eigenvalue weighted by atomic mass is 16.5. The first kappa shape index (κ1) is 23.6. The first-order chi connectivity index (χ1) is 16.5. The van der Waals surface area contributed by atoms with Crippen LogP contribution in [0.1, 0.15) is 53.0 Å². The minimum Gasteiger partial charge on any atom is -0.507 e. The highest BCUT2D eigenvalue weighted by Crippen LogP contribution is 2.45. The van der Waals surface area contributed by atoms with Crippen LogP contribution in [0.2, 0.25) is 0 Å². The van der Waals surface area contributed by atoms with E-state index in [1.165, 1.54) is 0 Å². The molecule has 2 N–H and O–H groups in total. The Hall–Kier alpha value is -3.52. The van der Waals surface area contributed by atoms with E-state index >= 15 is 0 Å². The standard InChI is InChI=1S/C26H31N3O5/c1-5-6-12-34-20-10-8-17(15-21(20)33-4)25-22-23(18-14-16(2)7-9-19(18)30)27-28-24(22)26(31)29(25)11-13-32-3/h7-10,14-15,25,30H,5-6,11-13H2,1-4H3,(H,27,28)/t25-/m1/s1. The molecule has 0 fully saturated rings. The van der Waals surface area contributed by atoms with Crippen molar-refractivity contribution in [1.29, 1.82) is 0 Å². The van der Waals surface area contributed by atoms with Gasteiger partial charge in [-0.25, -0.2) is 0 Å². The predicted octanol–water partition coefficient (Wildman–Crippen LogP) is 4.47. The molecule has 0 aliphatic carbocycles. The molecule has 0 radical (unpaired) electrons. The summed E-state index contributed by atoms with van der Waals surface area (Å²) in [7, 11) is 3.21. The molecule has 2 aromatic carbocycles. The van der Waals surface area contributed by atoms with Crippen LogP contribution in [0.25, 0.3) is 11.3 Å². The number of nitrogens with one attached hydrogen (secondary N) is 1. The number of aromatic nitrogens is 2. The van der Waals surface area contributed by atoms with Crippen LogP contribution in [0.4, 0.5) is 0 Å². The molecule has 0 unspecified atom stereocenters. The van der Waals surface area contributed by atoms with E-state index < -0.39 is 6.04 Å². The number of hydrogen-bond donors (Lipinski definition) is 2. The molecular formula is C26H31N3O5. The number of methoxy groups -OCH3 is 2. The number of aryl methyl sites for hydroxylation is 1. The van der Waals surface area contributed by atoms with Crippen molar-refractivity contribution in [3.05, 3.63) is 58.8 Å². The lowest BCUT2D eigenvalue weighted by Gasteiger charge is -2.27. The van der Waals surface area contributed by atoms with Gasteiger partial charge in [-0.05, 0) is 43.2 Å². The molecule has 2 heterocycles. The second-order valence-electron chi connectivity index (χ2n) is 8.39. The summed E-state index contributed by atoms with van der Waals surface area (Å²) < 4.78 is 16.8. The lowest BCUT2D eigenvalue weighted by atomic mass is 9.95. The number of carbonyl (C=O) groups excluding carboxylic acids is 1. The van der Waals surface area contributed by atoms with Crippen LogP contribution in [-0.2, 0) is 4.74 Å². The number of aromatic amines is 1. The number of aromatic hydroxyl groups is 1. The Morgan fingerprint density at radius 1 is 1.12 bits per heavy atom. The van der Waals surface area contributed by atoms with E-state index in [-0.39, 0.29) is 11.7 Å². The molecule has 3 aromatic rings. The van der Waals surface area contributed by atoms with Gasteiger partial charge in [0.05, 0.1) is 26.4 Å². The van der Waals surface area contributed by atoms with Gasteiger partial charge in [0.15, 0.2) is 11.5 Å².